The lowest BCUT2D eigenvalue weighted by Crippen LogP contribution is -2.36. The van der Waals surface area contributed by atoms with Crippen LogP contribution in [0, 0.1) is 0 Å². The van der Waals surface area contributed by atoms with Gasteiger partial charge in [-0.3, -0.25) is 0 Å². The highest BCUT2D eigenvalue weighted by molar-refractivity contribution is 7.91. The van der Waals surface area contributed by atoms with E-state index >= 15 is 0 Å². The minimum absolute atomic E-state index is 0.155. The van der Waals surface area contributed by atoms with E-state index in [0.717, 1.165) is 18.8 Å². The molecule has 3 rings (SSSR count). The Morgan fingerprint density at radius 3 is 2.36 bits per heavy atom. The second-order valence-corrected chi connectivity index (χ2v) is 7.06. The van der Waals surface area contributed by atoms with Gasteiger partial charge in [0.1, 0.15) is 0 Å². The maximum Gasteiger partial charge on any atom is 0.208 e. The van der Waals surface area contributed by atoms with E-state index in [4.69, 9.17) is 10.5 Å². The summed E-state index contributed by atoms with van der Waals surface area (Å²) in [6.45, 7) is 2.78. The van der Waals surface area contributed by atoms with Crippen LogP contribution in [0.5, 0.6) is 0 Å². The van der Waals surface area contributed by atoms with Crippen LogP contribution in [0.2, 0.25) is 0 Å². The van der Waals surface area contributed by atoms with E-state index in [-0.39, 0.29) is 15.5 Å². The van der Waals surface area contributed by atoms with Gasteiger partial charge in [-0.25, -0.2) is 8.42 Å². The van der Waals surface area contributed by atoms with Crippen LogP contribution in [-0.2, 0) is 14.6 Å². The molecule has 1 aliphatic heterocycles. The molecule has 0 amide bonds. The fraction of sp³-hybridized carbons (Fsp3) is 0.250. The molecule has 2 aromatic rings. The Kier molecular flexibility index (Phi) is 4.04. The maximum atomic E-state index is 12.8. The summed E-state index contributed by atoms with van der Waals surface area (Å²) >= 11 is 0. The van der Waals surface area contributed by atoms with E-state index in [9.17, 15) is 8.42 Å². The lowest BCUT2D eigenvalue weighted by atomic mass is 10.2. The maximum absolute atomic E-state index is 12.8. The number of hydrogen-bond acceptors (Lipinski definition) is 5. The summed E-state index contributed by atoms with van der Waals surface area (Å²) in [7, 11) is -3.61. The van der Waals surface area contributed by atoms with Crippen LogP contribution >= 0.6 is 0 Å². The lowest BCUT2D eigenvalue weighted by Gasteiger charge is -2.29. The van der Waals surface area contributed by atoms with Gasteiger partial charge < -0.3 is 15.4 Å². The molecule has 22 heavy (non-hydrogen) atoms. The first-order valence-electron chi connectivity index (χ1n) is 7.11. The summed E-state index contributed by atoms with van der Waals surface area (Å²) in [5.74, 6) is 0. The van der Waals surface area contributed by atoms with E-state index in [2.05, 4.69) is 4.90 Å². The molecule has 1 aliphatic rings. The van der Waals surface area contributed by atoms with Crippen molar-refractivity contribution in [3.63, 3.8) is 0 Å². The molecule has 0 unspecified atom stereocenters. The van der Waals surface area contributed by atoms with E-state index in [1.54, 1.807) is 42.5 Å². The molecule has 0 aromatic heterocycles. The summed E-state index contributed by atoms with van der Waals surface area (Å²) in [6.07, 6.45) is 0. The minimum Gasteiger partial charge on any atom is -0.398 e. The molecule has 0 saturated carbocycles. The highest BCUT2D eigenvalue weighted by Crippen LogP contribution is 2.30. The standard InChI is InChI=1S/C16H18N2O3S/c17-15-7-6-13(18-8-10-21-11-9-18)12-16(15)22(19,20)14-4-2-1-3-5-14/h1-7,12H,8-11,17H2. The zero-order valence-corrected chi connectivity index (χ0v) is 12.9. The number of morpholine rings is 1. The molecule has 1 heterocycles. The smallest absolute Gasteiger partial charge is 0.208 e. The molecular formula is C16H18N2O3S. The molecule has 2 N–H and O–H groups in total. The Balaban J connectivity index is 2.03. The van der Waals surface area contributed by atoms with Gasteiger partial charge in [0.25, 0.3) is 0 Å². The average Bonchev–Trinajstić information content (AvgIpc) is 2.57. The van der Waals surface area contributed by atoms with E-state index in [0.29, 0.717) is 13.2 Å². The number of anilines is 2. The second kappa shape index (κ2) is 5.98. The van der Waals surface area contributed by atoms with Crippen molar-refractivity contribution in [3.05, 3.63) is 48.5 Å². The number of rotatable bonds is 3. The number of benzene rings is 2. The van der Waals surface area contributed by atoms with Crippen LogP contribution < -0.4 is 10.6 Å². The van der Waals surface area contributed by atoms with Crippen molar-refractivity contribution in [3.8, 4) is 0 Å². The first kappa shape index (κ1) is 14.9. The lowest BCUT2D eigenvalue weighted by molar-refractivity contribution is 0.122. The van der Waals surface area contributed by atoms with E-state index in [1.807, 2.05) is 6.07 Å². The van der Waals surface area contributed by atoms with Crippen LogP contribution in [0.15, 0.2) is 58.3 Å². The van der Waals surface area contributed by atoms with Crippen molar-refractivity contribution < 1.29 is 13.2 Å². The number of ether oxygens (including phenoxy) is 1. The van der Waals surface area contributed by atoms with Gasteiger partial charge in [-0.05, 0) is 30.3 Å². The van der Waals surface area contributed by atoms with Gasteiger partial charge in [0, 0.05) is 18.8 Å². The number of nitrogens with two attached hydrogens (primary N) is 1. The van der Waals surface area contributed by atoms with Crippen molar-refractivity contribution in [2.24, 2.45) is 0 Å². The SMILES string of the molecule is Nc1ccc(N2CCOCC2)cc1S(=O)(=O)c1ccccc1. The van der Waals surface area contributed by atoms with Gasteiger partial charge in [-0.15, -0.1) is 0 Å². The van der Waals surface area contributed by atoms with Crippen molar-refractivity contribution in [2.75, 3.05) is 36.9 Å². The van der Waals surface area contributed by atoms with E-state index in [1.165, 1.54) is 0 Å². The second-order valence-electron chi connectivity index (χ2n) is 5.14. The largest absolute Gasteiger partial charge is 0.398 e. The predicted octanol–water partition coefficient (Wildman–Crippen LogP) is 1.94. The fourth-order valence-electron chi connectivity index (χ4n) is 2.50. The molecule has 1 saturated heterocycles. The van der Waals surface area contributed by atoms with Gasteiger partial charge in [-0.1, -0.05) is 18.2 Å². The zero-order chi connectivity index (χ0) is 15.6. The van der Waals surface area contributed by atoms with Crippen LogP contribution in [0.3, 0.4) is 0 Å². The highest BCUT2D eigenvalue weighted by atomic mass is 32.2. The zero-order valence-electron chi connectivity index (χ0n) is 12.1. The van der Waals surface area contributed by atoms with E-state index < -0.39 is 9.84 Å². The minimum atomic E-state index is -3.61. The molecule has 2 aromatic carbocycles. The van der Waals surface area contributed by atoms with Crippen molar-refractivity contribution in [1.82, 2.24) is 0 Å². The number of sulfone groups is 1. The predicted molar refractivity (Wildman–Crippen MR) is 85.8 cm³/mol. The summed E-state index contributed by atoms with van der Waals surface area (Å²) in [4.78, 5) is 2.51. The quantitative estimate of drug-likeness (QED) is 0.876. The van der Waals surface area contributed by atoms with Gasteiger partial charge in [0.05, 0.1) is 28.7 Å². The number of nitrogens with zero attached hydrogens (tertiary/aromatic N) is 1. The van der Waals surface area contributed by atoms with Gasteiger partial charge in [0.15, 0.2) is 0 Å². The summed E-state index contributed by atoms with van der Waals surface area (Å²) in [5, 5.41) is 0. The molecule has 5 nitrogen and oxygen atoms in total. The highest BCUT2D eigenvalue weighted by Gasteiger charge is 2.22. The Morgan fingerprint density at radius 2 is 1.68 bits per heavy atom. The Hall–Kier alpha value is -2.05. The molecule has 0 atom stereocenters. The Bertz CT molecular complexity index is 754. The van der Waals surface area contributed by atoms with Gasteiger partial charge >= 0.3 is 0 Å². The van der Waals surface area contributed by atoms with Crippen LogP contribution in [0.1, 0.15) is 0 Å². The molecule has 0 aliphatic carbocycles. The first-order valence-corrected chi connectivity index (χ1v) is 8.60. The number of hydrogen-bond donors (Lipinski definition) is 1. The molecule has 0 bridgehead atoms. The first-order chi connectivity index (χ1) is 10.6. The van der Waals surface area contributed by atoms with Crippen molar-refractivity contribution in [2.45, 2.75) is 9.79 Å². The molecule has 0 radical (unpaired) electrons. The summed E-state index contributed by atoms with van der Waals surface area (Å²) in [6, 6.07) is 13.5. The van der Waals surface area contributed by atoms with Gasteiger partial charge in [-0.2, -0.15) is 0 Å². The Morgan fingerprint density at radius 1 is 1.00 bits per heavy atom. The molecule has 0 spiro atoms. The number of nitrogen functional groups attached to an aromatic ring is 1. The molecular weight excluding hydrogens is 300 g/mol. The molecule has 116 valence electrons. The van der Waals surface area contributed by atoms with Crippen LogP contribution in [-0.4, -0.2) is 34.7 Å². The van der Waals surface area contributed by atoms with Crippen molar-refractivity contribution in [1.29, 1.82) is 0 Å². The Labute approximate surface area is 130 Å². The summed E-state index contributed by atoms with van der Waals surface area (Å²) < 4.78 is 30.9. The third kappa shape index (κ3) is 2.80. The third-order valence-corrected chi connectivity index (χ3v) is 5.54. The van der Waals surface area contributed by atoms with Gasteiger partial charge in [0.2, 0.25) is 9.84 Å². The monoisotopic (exact) mass is 318 g/mol. The topological polar surface area (TPSA) is 72.6 Å². The normalized spacial score (nSPS) is 15.7. The molecule has 6 heteroatoms. The van der Waals surface area contributed by atoms with Crippen molar-refractivity contribution >= 4 is 21.2 Å². The third-order valence-electron chi connectivity index (χ3n) is 3.72. The fourth-order valence-corrected chi connectivity index (χ4v) is 3.92. The van der Waals surface area contributed by atoms with Crippen LogP contribution in [0.25, 0.3) is 0 Å². The molecule has 1 fully saturated rings. The summed E-state index contributed by atoms with van der Waals surface area (Å²) in [5.41, 5.74) is 7.04. The van der Waals surface area contributed by atoms with Crippen LogP contribution in [0.4, 0.5) is 11.4 Å². The average molecular weight is 318 g/mol.